The van der Waals surface area contributed by atoms with Gasteiger partial charge in [0, 0.05) is 19.0 Å². The molecule has 2 atom stereocenters. The Morgan fingerprint density at radius 1 is 1.59 bits per heavy atom. The summed E-state index contributed by atoms with van der Waals surface area (Å²) in [5, 5.41) is 2.64. The summed E-state index contributed by atoms with van der Waals surface area (Å²) in [6.07, 6.45) is 3.60. The Balaban J connectivity index is 1.82. The fourth-order valence-corrected chi connectivity index (χ4v) is 3.62. The minimum Gasteiger partial charge on any atom is -0.467 e. The molecule has 0 spiro atoms. The number of hydrogen-bond donors (Lipinski definition) is 0. The van der Waals surface area contributed by atoms with Gasteiger partial charge in [-0.2, -0.15) is 0 Å². The van der Waals surface area contributed by atoms with Crippen LogP contribution in [0.15, 0.2) is 28.2 Å². The summed E-state index contributed by atoms with van der Waals surface area (Å²) < 4.78 is 10.6. The number of hydrogen-bond acceptors (Lipinski definition) is 5. The highest BCUT2D eigenvalue weighted by molar-refractivity contribution is 7.09. The predicted molar refractivity (Wildman–Crippen MR) is 83.7 cm³/mol. The normalized spacial score (nSPS) is 22.0. The maximum absolute atomic E-state index is 12.8. The van der Waals surface area contributed by atoms with E-state index >= 15 is 0 Å². The number of piperidine rings is 1. The van der Waals surface area contributed by atoms with Crippen LogP contribution in [0.5, 0.6) is 0 Å². The van der Waals surface area contributed by atoms with Crippen LogP contribution in [-0.2, 0) is 11.3 Å². The van der Waals surface area contributed by atoms with Gasteiger partial charge in [-0.05, 0) is 30.9 Å². The van der Waals surface area contributed by atoms with E-state index in [0.717, 1.165) is 30.2 Å². The number of nitrogens with zero attached hydrogens (tertiary/aromatic N) is 2. The average molecular weight is 320 g/mol. The minimum absolute atomic E-state index is 0.00109. The van der Waals surface area contributed by atoms with Crippen molar-refractivity contribution >= 4 is 17.2 Å². The second-order valence-electron chi connectivity index (χ2n) is 5.72. The van der Waals surface area contributed by atoms with E-state index in [4.69, 9.17) is 9.15 Å². The van der Waals surface area contributed by atoms with Gasteiger partial charge in [-0.25, -0.2) is 4.98 Å². The fraction of sp³-hybridized carbons (Fsp3) is 0.500. The second-order valence-corrected chi connectivity index (χ2v) is 6.66. The van der Waals surface area contributed by atoms with E-state index in [0.29, 0.717) is 18.2 Å². The Morgan fingerprint density at radius 2 is 2.45 bits per heavy atom. The van der Waals surface area contributed by atoms with Gasteiger partial charge in [-0.1, -0.05) is 6.92 Å². The maximum Gasteiger partial charge on any atom is 0.273 e. The molecule has 1 amide bonds. The van der Waals surface area contributed by atoms with Crippen LogP contribution in [0.1, 0.15) is 47.1 Å². The molecule has 6 heteroatoms. The number of carbonyl (C=O) groups excluding carboxylic acids is 1. The first kappa shape index (κ1) is 15.2. The van der Waals surface area contributed by atoms with Crippen molar-refractivity contribution in [1.29, 1.82) is 0 Å². The molecule has 0 saturated carbocycles. The molecule has 22 heavy (non-hydrogen) atoms. The maximum atomic E-state index is 12.8. The molecule has 2 aromatic rings. The highest BCUT2D eigenvalue weighted by Crippen LogP contribution is 2.35. The number of aromatic nitrogens is 1. The third-order valence-corrected chi connectivity index (χ3v) is 4.86. The molecule has 1 saturated heterocycles. The third kappa shape index (κ3) is 3.08. The number of carbonyl (C=O) groups is 1. The zero-order valence-electron chi connectivity index (χ0n) is 12.8. The molecular formula is C16H20N2O3S. The Bertz CT molecular complexity index is 623. The lowest BCUT2D eigenvalue weighted by atomic mass is 9.91. The molecule has 1 aliphatic rings. The lowest BCUT2D eigenvalue weighted by molar-refractivity contribution is 0.0515. The standard InChI is InChI=1S/C16H20N2O3S/c1-11-5-6-18(13(8-11)14-4-3-7-21-14)16(19)12-10-22-15(17-12)9-20-2/h3-4,7,10-11,13H,5-6,8-9H2,1-2H3/t11-,13+/m0/s1. The first-order valence-electron chi connectivity index (χ1n) is 7.46. The number of amides is 1. The zero-order valence-corrected chi connectivity index (χ0v) is 13.6. The zero-order chi connectivity index (χ0) is 15.5. The van der Waals surface area contributed by atoms with E-state index in [-0.39, 0.29) is 11.9 Å². The van der Waals surface area contributed by atoms with Crippen molar-refractivity contribution in [3.63, 3.8) is 0 Å². The van der Waals surface area contributed by atoms with Crippen LogP contribution in [0, 0.1) is 5.92 Å². The molecular weight excluding hydrogens is 300 g/mol. The molecule has 3 heterocycles. The quantitative estimate of drug-likeness (QED) is 0.865. The van der Waals surface area contributed by atoms with Crippen LogP contribution in [0.25, 0.3) is 0 Å². The number of thiazole rings is 1. The van der Waals surface area contributed by atoms with Crippen LogP contribution in [0.3, 0.4) is 0 Å². The van der Waals surface area contributed by atoms with E-state index in [9.17, 15) is 4.79 Å². The molecule has 1 fully saturated rings. The second kappa shape index (κ2) is 6.62. The van der Waals surface area contributed by atoms with Gasteiger partial charge >= 0.3 is 0 Å². The SMILES string of the molecule is COCc1nc(C(=O)N2CC[C@H](C)C[C@@H]2c2ccco2)cs1. The summed E-state index contributed by atoms with van der Waals surface area (Å²) in [5.41, 5.74) is 0.503. The van der Waals surface area contributed by atoms with Crippen molar-refractivity contribution in [2.45, 2.75) is 32.4 Å². The number of methoxy groups -OCH3 is 1. The van der Waals surface area contributed by atoms with Crippen molar-refractivity contribution in [2.75, 3.05) is 13.7 Å². The van der Waals surface area contributed by atoms with Gasteiger partial charge in [0.2, 0.25) is 0 Å². The molecule has 0 radical (unpaired) electrons. The van der Waals surface area contributed by atoms with Gasteiger partial charge in [0.15, 0.2) is 0 Å². The van der Waals surface area contributed by atoms with Gasteiger partial charge in [-0.3, -0.25) is 4.79 Å². The van der Waals surface area contributed by atoms with E-state index in [1.54, 1.807) is 13.4 Å². The van der Waals surface area contributed by atoms with Gasteiger partial charge in [0.25, 0.3) is 5.91 Å². The van der Waals surface area contributed by atoms with E-state index < -0.39 is 0 Å². The molecule has 0 N–H and O–H groups in total. The molecule has 118 valence electrons. The monoisotopic (exact) mass is 320 g/mol. The summed E-state index contributed by atoms with van der Waals surface area (Å²) in [4.78, 5) is 19.1. The summed E-state index contributed by atoms with van der Waals surface area (Å²) >= 11 is 1.46. The molecule has 3 rings (SSSR count). The van der Waals surface area contributed by atoms with Crippen LogP contribution in [0.2, 0.25) is 0 Å². The molecule has 2 aromatic heterocycles. The minimum atomic E-state index is -0.0214. The van der Waals surface area contributed by atoms with Crippen molar-refractivity contribution in [3.05, 3.63) is 40.2 Å². The summed E-state index contributed by atoms with van der Waals surface area (Å²) in [7, 11) is 1.63. The van der Waals surface area contributed by atoms with Crippen molar-refractivity contribution in [1.82, 2.24) is 9.88 Å². The van der Waals surface area contributed by atoms with Gasteiger partial charge < -0.3 is 14.1 Å². The van der Waals surface area contributed by atoms with Crippen molar-refractivity contribution < 1.29 is 13.9 Å². The highest BCUT2D eigenvalue weighted by Gasteiger charge is 2.34. The van der Waals surface area contributed by atoms with E-state index in [2.05, 4.69) is 11.9 Å². The molecule has 1 aliphatic heterocycles. The molecule has 0 unspecified atom stereocenters. The molecule has 5 nitrogen and oxygen atoms in total. The fourth-order valence-electron chi connectivity index (χ4n) is 2.88. The van der Waals surface area contributed by atoms with Crippen LogP contribution in [0.4, 0.5) is 0 Å². The lowest BCUT2D eigenvalue weighted by Crippen LogP contribution is -2.40. The Kier molecular flexibility index (Phi) is 4.59. The Morgan fingerprint density at radius 3 is 3.18 bits per heavy atom. The predicted octanol–water partition coefficient (Wildman–Crippen LogP) is 3.50. The lowest BCUT2D eigenvalue weighted by Gasteiger charge is -2.37. The number of ether oxygens (including phenoxy) is 1. The van der Waals surface area contributed by atoms with E-state index in [1.165, 1.54) is 11.3 Å². The first-order valence-corrected chi connectivity index (χ1v) is 8.34. The summed E-state index contributed by atoms with van der Waals surface area (Å²) in [6, 6.07) is 3.82. The van der Waals surface area contributed by atoms with Gasteiger partial charge in [0.05, 0.1) is 18.9 Å². The topological polar surface area (TPSA) is 55.6 Å². The molecule has 0 bridgehead atoms. The molecule has 0 aliphatic carbocycles. The molecule has 0 aromatic carbocycles. The average Bonchev–Trinajstić information content (AvgIpc) is 3.18. The van der Waals surface area contributed by atoms with Crippen LogP contribution in [-0.4, -0.2) is 29.4 Å². The van der Waals surface area contributed by atoms with Gasteiger partial charge in [0.1, 0.15) is 16.5 Å². The van der Waals surface area contributed by atoms with E-state index in [1.807, 2.05) is 22.4 Å². The Hall–Kier alpha value is -1.66. The summed E-state index contributed by atoms with van der Waals surface area (Å²) in [5.74, 6) is 1.41. The first-order chi connectivity index (χ1) is 10.7. The number of furan rings is 1. The summed E-state index contributed by atoms with van der Waals surface area (Å²) in [6.45, 7) is 3.40. The Labute approximate surface area is 133 Å². The van der Waals surface area contributed by atoms with Crippen molar-refractivity contribution in [3.8, 4) is 0 Å². The van der Waals surface area contributed by atoms with Gasteiger partial charge in [-0.15, -0.1) is 11.3 Å². The number of rotatable bonds is 4. The largest absolute Gasteiger partial charge is 0.467 e. The highest BCUT2D eigenvalue weighted by atomic mass is 32.1. The van der Waals surface area contributed by atoms with Crippen molar-refractivity contribution in [2.24, 2.45) is 5.92 Å². The number of likely N-dealkylation sites (tertiary alicyclic amines) is 1. The van der Waals surface area contributed by atoms with Crippen LogP contribution < -0.4 is 0 Å². The smallest absolute Gasteiger partial charge is 0.273 e. The van der Waals surface area contributed by atoms with Crippen LogP contribution >= 0.6 is 11.3 Å². The third-order valence-electron chi connectivity index (χ3n) is 4.04.